The van der Waals surface area contributed by atoms with Gasteiger partial charge in [-0.05, 0) is 43.7 Å². The van der Waals surface area contributed by atoms with Crippen molar-refractivity contribution in [2.24, 2.45) is 5.92 Å². The van der Waals surface area contributed by atoms with Crippen molar-refractivity contribution in [2.75, 3.05) is 0 Å². The molecule has 100 valence electrons. The Labute approximate surface area is 120 Å². The van der Waals surface area contributed by atoms with Crippen LogP contribution < -0.4 is 5.32 Å². The molecule has 3 heteroatoms. The molecule has 1 aliphatic carbocycles. The second kappa shape index (κ2) is 6.79. The van der Waals surface area contributed by atoms with Crippen molar-refractivity contribution in [3.63, 3.8) is 0 Å². The van der Waals surface area contributed by atoms with Crippen molar-refractivity contribution in [3.05, 3.63) is 33.8 Å². The highest BCUT2D eigenvalue weighted by Gasteiger charge is 2.19. The van der Waals surface area contributed by atoms with E-state index in [2.05, 4.69) is 12.2 Å². The molecule has 0 bridgehead atoms. The molecule has 0 saturated heterocycles. The molecule has 0 aromatic heterocycles. The minimum atomic E-state index is 0.625. The third-order valence-electron chi connectivity index (χ3n) is 4.05. The highest BCUT2D eigenvalue weighted by Crippen LogP contribution is 2.28. The summed E-state index contributed by atoms with van der Waals surface area (Å²) in [6, 6.07) is 6.32. The monoisotopic (exact) mass is 285 g/mol. The zero-order chi connectivity index (χ0) is 13.0. The summed E-state index contributed by atoms with van der Waals surface area (Å²) in [5, 5.41) is 5.12. The van der Waals surface area contributed by atoms with Gasteiger partial charge < -0.3 is 5.32 Å². The van der Waals surface area contributed by atoms with Crippen LogP contribution in [-0.2, 0) is 6.54 Å². The van der Waals surface area contributed by atoms with E-state index >= 15 is 0 Å². The number of nitrogens with one attached hydrogen (secondary N) is 1. The summed E-state index contributed by atoms with van der Waals surface area (Å²) in [5.41, 5.74) is 1.03. The van der Waals surface area contributed by atoms with Crippen molar-refractivity contribution < 1.29 is 0 Å². The average Bonchev–Trinajstić information content (AvgIpc) is 2.39. The van der Waals surface area contributed by atoms with Gasteiger partial charge in [0, 0.05) is 28.2 Å². The highest BCUT2D eigenvalue weighted by atomic mass is 35.5. The Bertz CT molecular complexity index is 364. The quantitative estimate of drug-likeness (QED) is 0.816. The van der Waals surface area contributed by atoms with Gasteiger partial charge in [-0.2, -0.15) is 0 Å². The molecule has 2 rings (SSSR count). The van der Waals surface area contributed by atoms with Crippen LogP contribution >= 0.6 is 23.2 Å². The Balaban J connectivity index is 1.85. The molecule has 1 aromatic carbocycles. The molecule has 1 aromatic rings. The topological polar surface area (TPSA) is 12.0 Å². The molecule has 1 aliphatic rings. The minimum Gasteiger partial charge on any atom is -0.310 e. The molecule has 18 heavy (non-hydrogen) atoms. The van der Waals surface area contributed by atoms with Crippen molar-refractivity contribution in [2.45, 2.75) is 51.6 Å². The smallest absolute Gasteiger partial charge is 0.0465 e. The lowest BCUT2D eigenvalue weighted by Crippen LogP contribution is -2.32. The predicted octanol–water partition coefficient (Wildman–Crippen LogP) is 5.05. The van der Waals surface area contributed by atoms with E-state index in [1.807, 2.05) is 18.2 Å². The van der Waals surface area contributed by atoms with E-state index in [1.165, 1.54) is 32.1 Å². The van der Waals surface area contributed by atoms with Crippen LogP contribution in [0.4, 0.5) is 0 Å². The lowest BCUT2D eigenvalue weighted by atomic mass is 9.84. The standard InChI is InChI=1S/C15H21Cl2N/c1-2-11-6-8-12(9-7-11)18-10-13-14(16)4-3-5-15(13)17/h3-5,11-12,18H,2,6-10H2,1H3. The van der Waals surface area contributed by atoms with Gasteiger partial charge in [-0.1, -0.05) is 42.6 Å². The van der Waals surface area contributed by atoms with E-state index in [0.717, 1.165) is 28.1 Å². The molecule has 0 atom stereocenters. The molecule has 1 saturated carbocycles. The van der Waals surface area contributed by atoms with Crippen LogP contribution in [0.3, 0.4) is 0 Å². The van der Waals surface area contributed by atoms with Gasteiger partial charge in [-0.25, -0.2) is 0 Å². The average molecular weight is 286 g/mol. The largest absolute Gasteiger partial charge is 0.310 e. The second-order valence-electron chi connectivity index (χ2n) is 5.21. The van der Waals surface area contributed by atoms with E-state index in [9.17, 15) is 0 Å². The van der Waals surface area contributed by atoms with Crippen LogP contribution in [-0.4, -0.2) is 6.04 Å². The molecule has 0 unspecified atom stereocenters. The van der Waals surface area contributed by atoms with Gasteiger partial charge in [0.1, 0.15) is 0 Å². The van der Waals surface area contributed by atoms with Gasteiger partial charge in [-0.3, -0.25) is 0 Å². The van der Waals surface area contributed by atoms with Gasteiger partial charge in [0.25, 0.3) is 0 Å². The maximum Gasteiger partial charge on any atom is 0.0465 e. The van der Waals surface area contributed by atoms with Gasteiger partial charge in [0.15, 0.2) is 0 Å². The molecule has 0 aliphatic heterocycles. The zero-order valence-electron chi connectivity index (χ0n) is 10.9. The molecule has 1 fully saturated rings. The first-order valence-corrected chi connectivity index (χ1v) is 7.62. The predicted molar refractivity (Wildman–Crippen MR) is 79.3 cm³/mol. The van der Waals surface area contributed by atoms with Crippen LogP contribution in [0.1, 0.15) is 44.6 Å². The van der Waals surface area contributed by atoms with E-state index in [4.69, 9.17) is 23.2 Å². The Morgan fingerprint density at radius 3 is 2.28 bits per heavy atom. The van der Waals surface area contributed by atoms with E-state index in [1.54, 1.807) is 0 Å². The summed E-state index contributed by atoms with van der Waals surface area (Å²) < 4.78 is 0. The molecular weight excluding hydrogens is 265 g/mol. The number of benzene rings is 1. The molecule has 1 N–H and O–H groups in total. The maximum atomic E-state index is 6.17. The van der Waals surface area contributed by atoms with Crippen LogP contribution in [0.5, 0.6) is 0 Å². The third kappa shape index (κ3) is 3.63. The minimum absolute atomic E-state index is 0.625. The summed E-state index contributed by atoms with van der Waals surface area (Å²) in [7, 11) is 0. The fourth-order valence-corrected chi connectivity index (χ4v) is 3.25. The van der Waals surface area contributed by atoms with Crippen LogP contribution in [0, 0.1) is 5.92 Å². The first-order chi connectivity index (χ1) is 8.70. The summed E-state index contributed by atoms with van der Waals surface area (Å²) >= 11 is 12.3. The fraction of sp³-hybridized carbons (Fsp3) is 0.600. The third-order valence-corrected chi connectivity index (χ3v) is 4.76. The molecule has 0 amide bonds. The Kier molecular flexibility index (Phi) is 5.35. The second-order valence-corrected chi connectivity index (χ2v) is 6.02. The molecule has 0 heterocycles. The van der Waals surface area contributed by atoms with Crippen molar-refractivity contribution >= 4 is 23.2 Å². The summed E-state index contributed by atoms with van der Waals surface area (Å²) in [4.78, 5) is 0. The van der Waals surface area contributed by atoms with Crippen molar-refractivity contribution in [3.8, 4) is 0 Å². The Morgan fingerprint density at radius 1 is 1.11 bits per heavy atom. The highest BCUT2D eigenvalue weighted by molar-refractivity contribution is 6.35. The maximum absolute atomic E-state index is 6.17. The lowest BCUT2D eigenvalue weighted by Gasteiger charge is -2.28. The fourth-order valence-electron chi connectivity index (χ4n) is 2.72. The van der Waals surface area contributed by atoms with E-state index in [-0.39, 0.29) is 0 Å². The SMILES string of the molecule is CCC1CCC(NCc2c(Cl)cccc2Cl)CC1. The Morgan fingerprint density at radius 2 is 1.72 bits per heavy atom. The number of halogens is 2. The van der Waals surface area contributed by atoms with Gasteiger partial charge in [0.05, 0.1) is 0 Å². The Hall–Kier alpha value is -0.240. The molecule has 1 nitrogen and oxygen atoms in total. The number of rotatable bonds is 4. The summed E-state index contributed by atoms with van der Waals surface area (Å²) in [5.74, 6) is 0.937. The summed E-state index contributed by atoms with van der Waals surface area (Å²) in [6.07, 6.45) is 6.58. The van der Waals surface area contributed by atoms with Gasteiger partial charge in [-0.15, -0.1) is 0 Å². The number of hydrogen-bond acceptors (Lipinski definition) is 1. The van der Waals surface area contributed by atoms with Crippen LogP contribution in [0.2, 0.25) is 10.0 Å². The lowest BCUT2D eigenvalue weighted by molar-refractivity contribution is 0.285. The van der Waals surface area contributed by atoms with Crippen LogP contribution in [0.25, 0.3) is 0 Å². The van der Waals surface area contributed by atoms with E-state index < -0.39 is 0 Å². The van der Waals surface area contributed by atoms with Gasteiger partial charge >= 0.3 is 0 Å². The summed E-state index contributed by atoms with van der Waals surface area (Å²) in [6.45, 7) is 3.07. The van der Waals surface area contributed by atoms with Crippen molar-refractivity contribution in [1.29, 1.82) is 0 Å². The van der Waals surface area contributed by atoms with Crippen molar-refractivity contribution in [1.82, 2.24) is 5.32 Å². The molecule has 0 spiro atoms. The first-order valence-electron chi connectivity index (χ1n) is 6.87. The first kappa shape index (κ1) is 14.2. The van der Waals surface area contributed by atoms with E-state index in [0.29, 0.717) is 6.04 Å². The normalized spacial score (nSPS) is 24.2. The zero-order valence-corrected chi connectivity index (χ0v) is 12.4. The number of hydrogen-bond donors (Lipinski definition) is 1. The van der Waals surface area contributed by atoms with Crippen LogP contribution in [0.15, 0.2) is 18.2 Å². The molecule has 0 radical (unpaired) electrons. The van der Waals surface area contributed by atoms with Gasteiger partial charge in [0.2, 0.25) is 0 Å². The molecular formula is C15H21Cl2N.